The van der Waals surface area contributed by atoms with Crippen LogP contribution in [-0.4, -0.2) is 35.6 Å². The zero-order valence-electron chi connectivity index (χ0n) is 11.5. The van der Waals surface area contributed by atoms with Crippen molar-refractivity contribution in [3.05, 3.63) is 24.5 Å². The molecule has 0 aliphatic rings. The topological polar surface area (TPSA) is 95.1 Å². The number of aromatic amines is 1. The SMILES string of the molecule is CCCC(C)(O)CNS(=O)(=O)c1c[nH]c2ncccc12. The first-order valence-electron chi connectivity index (χ1n) is 6.50. The van der Waals surface area contributed by atoms with Gasteiger partial charge in [-0.3, -0.25) is 0 Å². The number of nitrogens with zero attached hydrogens (tertiary/aromatic N) is 1. The summed E-state index contributed by atoms with van der Waals surface area (Å²) in [4.78, 5) is 7.03. The molecule has 0 saturated heterocycles. The third-order valence-electron chi connectivity index (χ3n) is 3.13. The zero-order valence-corrected chi connectivity index (χ0v) is 12.4. The molecule has 0 saturated carbocycles. The maximum Gasteiger partial charge on any atom is 0.242 e. The van der Waals surface area contributed by atoms with Gasteiger partial charge in [0.05, 0.1) is 5.60 Å². The van der Waals surface area contributed by atoms with Gasteiger partial charge in [0, 0.05) is 24.3 Å². The zero-order chi connectivity index (χ0) is 14.8. The summed E-state index contributed by atoms with van der Waals surface area (Å²) in [6.07, 6.45) is 4.32. The minimum atomic E-state index is -3.68. The molecule has 2 aromatic rings. The molecule has 1 atom stereocenters. The summed E-state index contributed by atoms with van der Waals surface area (Å²) in [5, 5.41) is 10.6. The Morgan fingerprint density at radius 1 is 1.50 bits per heavy atom. The van der Waals surface area contributed by atoms with E-state index in [0.29, 0.717) is 17.5 Å². The molecule has 0 aliphatic heterocycles. The first-order valence-corrected chi connectivity index (χ1v) is 7.98. The minimum absolute atomic E-state index is 0.0177. The van der Waals surface area contributed by atoms with Gasteiger partial charge in [0.1, 0.15) is 10.5 Å². The molecule has 0 aromatic carbocycles. The highest BCUT2D eigenvalue weighted by molar-refractivity contribution is 7.89. The van der Waals surface area contributed by atoms with Gasteiger partial charge in [-0.2, -0.15) is 0 Å². The fourth-order valence-corrected chi connectivity index (χ4v) is 3.43. The van der Waals surface area contributed by atoms with E-state index in [9.17, 15) is 13.5 Å². The van der Waals surface area contributed by atoms with Crippen LogP contribution in [-0.2, 0) is 10.0 Å². The average molecular weight is 297 g/mol. The lowest BCUT2D eigenvalue weighted by Gasteiger charge is -2.22. The number of aliphatic hydroxyl groups is 1. The van der Waals surface area contributed by atoms with Crippen molar-refractivity contribution < 1.29 is 13.5 Å². The normalized spacial score (nSPS) is 15.3. The van der Waals surface area contributed by atoms with Gasteiger partial charge in [-0.25, -0.2) is 18.1 Å². The highest BCUT2D eigenvalue weighted by Gasteiger charge is 2.25. The van der Waals surface area contributed by atoms with Crippen LogP contribution in [0.3, 0.4) is 0 Å². The molecule has 0 aliphatic carbocycles. The lowest BCUT2D eigenvalue weighted by molar-refractivity contribution is 0.0554. The maximum absolute atomic E-state index is 12.3. The Hall–Kier alpha value is -1.44. The van der Waals surface area contributed by atoms with Gasteiger partial charge < -0.3 is 10.1 Å². The number of sulfonamides is 1. The Morgan fingerprint density at radius 3 is 2.95 bits per heavy atom. The molecule has 110 valence electrons. The summed E-state index contributed by atoms with van der Waals surface area (Å²) in [5.41, 5.74) is -0.528. The van der Waals surface area contributed by atoms with E-state index in [-0.39, 0.29) is 11.4 Å². The van der Waals surface area contributed by atoms with Gasteiger partial charge in [0.25, 0.3) is 0 Å². The molecule has 2 rings (SSSR count). The molecular formula is C13H19N3O3S. The van der Waals surface area contributed by atoms with E-state index in [4.69, 9.17) is 0 Å². The number of hydrogen-bond acceptors (Lipinski definition) is 4. The van der Waals surface area contributed by atoms with E-state index >= 15 is 0 Å². The van der Waals surface area contributed by atoms with Crippen molar-refractivity contribution in [1.29, 1.82) is 0 Å². The number of aromatic nitrogens is 2. The first kappa shape index (κ1) is 15.0. The predicted molar refractivity (Wildman–Crippen MR) is 76.8 cm³/mol. The van der Waals surface area contributed by atoms with Gasteiger partial charge in [0.15, 0.2) is 0 Å². The van der Waals surface area contributed by atoms with Gasteiger partial charge in [-0.1, -0.05) is 13.3 Å². The van der Waals surface area contributed by atoms with Crippen molar-refractivity contribution in [1.82, 2.24) is 14.7 Å². The molecule has 20 heavy (non-hydrogen) atoms. The minimum Gasteiger partial charge on any atom is -0.389 e. The fourth-order valence-electron chi connectivity index (χ4n) is 2.11. The van der Waals surface area contributed by atoms with Crippen LogP contribution in [0.4, 0.5) is 0 Å². The molecule has 0 radical (unpaired) electrons. The lowest BCUT2D eigenvalue weighted by Crippen LogP contribution is -2.40. The number of rotatable bonds is 6. The van der Waals surface area contributed by atoms with Crippen LogP contribution in [0.5, 0.6) is 0 Å². The van der Waals surface area contributed by atoms with Gasteiger partial charge in [-0.15, -0.1) is 0 Å². The van der Waals surface area contributed by atoms with Gasteiger partial charge in [-0.05, 0) is 25.5 Å². The van der Waals surface area contributed by atoms with Crippen LogP contribution < -0.4 is 4.72 Å². The second kappa shape index (κ2) is 5.51. The quantitative estimate of drug-likeness (QED) is 0.751. The largest absolute Gasteiger partial charge is 0.389 e. The molecule has 0 fully saturated rings. The molecule has 2 aromatic heterocycles. The summed E-state index contributed by atoms with van der Waals surface area (Å²) in [6.45, 7) is 3.54. The highest BCUT2D eigenvalue weighted by Crippen LogP contribution is 2.21. The molecule has 0 spiro atoms. The van der Waals surface area contributed by atoms with Crippen LogP contribution in [0.1, 0.15) is 26.7 Å². The Morgan fingerprint density at radius 2 is 2.25 bits per heavy atom. The molecule has 3 N–H and O–H groups in total. The smallest absolute Gasteiger partial charge is 0.242 e. The van der Waals surface area contributed by atoms with E-state index < -0.39 is 15.6 Å². The Kier molecular flexibility index (Phi) is 4.12. The number of H-pyrrole nitrogens is 1. The van der Waals surface area contributed by atoms with Gasteiger partial charge >= 0.3 is 0 Å². The summed E-state index contributed by atoms with van der Waals surface area (Å²) >= 11 is 0. The van der Waals surface area contributed by atoms with Gasteiger partial charge in [0.2, 0.25) is 10.0 Å². The van der Waals surface area contributed by atoms with Crippen molar-refractivity contribution >= 4 is 21.1 Å². The number of pyridine rings is 1. The van der Waals surface area contributed by atoms with E-state index in [1.165, 1.54) is 6.20 Å². The lowest BCUT2D eigenvalue weighted by atomic mass is 10.0. The summed E-state index contributed by atoms with van der Waals surface area (Å²) in [7, 11) is -3.68. The standard InChI is InChI=1S/C13H19N3O3S/c1-3-6-13(2,17)9-16-20(18,19)11-8-15-12-10(11)5-4-7-14-12/h4-5,7-8,16-17H,3,6,9H2,1-2H3,(H,14,15). The third-order valence-corrected chi connectivity index (χ3v) is 4.58. The second-order valence-corrected chi connectivity index (χ2v) is 6.86. The molecule has 2 heterocycles. The summed E-state index contributed by atoms with van der Waals surface area (Å²) in [5.74, 6) is 0. The molecular weight excluding hydrogens is 278 g/mol. The Labute approximate surface area is 118 Å². The van der Waals surface area contributed by atoms with Crippen LogP contribution in [0.15, 0.2) is 29.4 Å². The number of fused-ring (bicyclic) bond motifs is 1. The van der Waals surface area contributed by atoms with E-state index in [1.54, 1.807) is 25.3 Å². The third kappa shape index (κ3) is 3.17. The molecule has 6 nitrogen and oxygen atoms in total. The average Bonchev–Trinajstić information content (AvgIpc) is 2.81. The van der Waals surface area contributed by atoms with Crippen molar-refractivity contribution in [2.24, 2.45) is 0 Å². The van der Waals surface area contributed by atoms with Crippen LogP contribution in [0.2, 0.25) is 0 Å². The van der Waals surface area contributed by atoms with E-state index in [1.807, 2.05) is 6.92 Å². The highest BCUT2D eigenvalue weighted by atomic mass is 32.2. The van der Waals surface area contributed by atoms with Crippen LogP contribution >= 0.6 is 0 Å². The first-order chi connectivity index (χ1) is 9.36. The van der Waals surface area contributed by atoms with E-state index in [0.717, 1.165) is 6.42 Å². The Balaban J connectivity index is 2.23. The second-order valence-electron chi connectivity index (χ2n) is 5.12. The molecule has 7 heteroatoms. The fraction of sp³-hybridized carbons (Fsp3) is 0.462. The predicted octanol–water partition coefficient (Wildman–Crippen LogP) is 1.39. The molecule has 0 bridgehead atoms. The monoisotopic (exact) mass is 297 g/mol. The van der Waals surface area contributed by atoms with Crippen molar-refractivity contribution in [2.45, 2.75) is 37.2 Å². The Bertz CT molecular complexity index is 692. The molecule has 1 unspecified atom stereocenters. The maximum atomic E-state index is 12.3. The molecule has 0 amide bonds. The number of nitrogens with one attached hydrogen (secondary N) is 2. The summed E-state index contributed by atoms with van der Waals surface area (Å²) < 4.78 is 27.0. The van der Waals surface area contributed by atoms with E-state index in [2.05, 4.69) is 14.7 Å². The summed E-state index contributed by atoms with van der Waals surface area (Å²) in [6, 6.07) is 3.38. The van der Waals surface area contributed by atoms with Crippen LogP contribution in [0.25, 0.3) is 11.0 Å². The van der Waals surface area contributed by atoms with Crippen molar-refractivity contribution in [3.8, 4) is 0 Å². The number of hydrogen-bond donors (Lipinski definition) is 3. The van der Waals surface area contributed by atoms with Crippen molar-refractivity contribution in [3.63, 3.8) is 0 Å². The van der Waals surface area contributed by atoms with Crippen molar-refractivity contribution in [2.75, 3.05) is 6.54 Å². The van der Waals surface area contributed by atoms with Crippen LogP contribution in [0, 0.1) is 0 Å².